The molecule has 0 bridgehead atoms. The number of aromatic nitrogens is 4. The van der Waals surface area contributed by atoms with Crippen molar-refractivity contribution in [1.29, 1.82) is 0 Å². The molecule has 0 aliphatic heterocycles. The molecule has 4 rings (SSSR count). The van der Waals surface area contributed by atoms with E-state index in [0.29, 0.717) is 18.7 Å². The number of nitrogens with zero attached hydrogens (tertiary/aromatic N) is 4. The number of benzene rings is 2. The second-order valence-electron chi connectivity index (χ2n) is 6.50. The third-order valence-electron chi connectivity index (χ3n) is 4.48. The second-order valence-corrected chi connectivity index (χ2v) is 6.50. The van der Waals surface area contributed by atoms with Gasteiger partial charge in [-0.3, -0.25) is 0 Å². The molecule has 0 radical (unpaired) electrons. The van der Waals surface area contributed by atoms with Crippen LogP contribution in [0.1, 0.15) is 22.8 Å². The Morgan fingerprint density at radius 1 is 0.964 bits per heavy atom. The number of anilines is 1. The SMILES string of the molecule is Cc1nccn1-c1ccc(CNc2ccnc(Cc3ccccc3)n2)cc1F. The van der Waals surface area contributed by atoms with Gasteiger partial charge in [0.2, 0.25) is 0 Å². The smallest absolute Gasteiger partial charge is 0.147 e. The Kier molecular flexibility index (Phi) is 5.10. The Balaban J connectivity index is 1.44. The fourth-order valence-electron chi connectivity index (χ4n) is 3.04. The first-order valence-corrected chi connectivity index (χ1v) is 9.07. The van der Waals surface area contributed by atoms with Gasteiger partial charge in [0.15, 0.2) is 0 Å². The lowest BCUT2D eigenvalue weighted by atomic mass is 10.1. The zero-order valence-corrected chi connectivity index (χ0v) is 15.5. The molecule has 5 nitrogen and oxygen atoms in total. The maximum atomic E-state index is 14.5. The molecule has 140 valence electrons. The van der Waals surface area contributed by atoms with Crippen molar-refractivity contribution in [3.8, 4) is 5.69 Å². The first-order chi connectivity index (χ1) is 13.7. The van der Waals surface area contributed by atoms with Crippen molar-refractivity contribution >= 4 is 5.82 Å². The summed E-state index contributed by atoms with van der Waals surface area (Å²) in [5.41, 5.74) is 2.49. The average Bonchev–Trinajstić information content (AvgIpc) is 3.13. The highest BCUT2D eigenvalue weighted by molar-refractivity contribution is 5.40. The van der Waals surface area contributed by atoms with Gasteiger partial charge in [0.25, 0.3) is 0 Å². The molecule has 0 spiro atoms. The first kappa shape index (κ1) is 17.9. The molecule has 0 saturated carbocycles. The molecule has 6 heteroatoms. The molecular weight excluding hydrogens is 353 g/mol. The van der Waals surface area contributed by atoms with Gasteiger partial charge < -0.3 is 9.88 Å². The maximum Gasteiger partial charge on any atom is 0.147 e. The number of halogens is 1. The summed E-state index contributed by atoms with van der Waals surface area (Å²) in [5.74, 6) is 1.92. The number of hydrogen-bond donors (Lipinski definition) is 1. The van der Waals surface area contributed by atoms with Crippen LogP contribution < -0.4 is 5.32 Å². The molecule has 0 amide bonds. The Morgan fingerprint density at radius 2 is 1.82 bits per heavy atom. The zero-order valence-electron chi connectivity index (χ0n) is 15.5. The van der Waals surface area contributed by atoms with Crippen molar-refractivity contribution in [3.05, 3.63) is 102 Å². The molecule has 0 unspecified atom stereocenters. The van der Waals surface area contributed by atoms with Gasteiger partial charge in [0, 0.05) is 31.6 Å². The molecule has 2 aromatic heterocycles. The third-order valence-corrected chi connectivity index (χ3v) is 4.48. The molecule has 0 aliphatic carbocycles. The van der Waals surface area contributed by atoms with Crippen molar-refractivity contribution in [2.45, 2.75) is 19.9 Å². The molecule has 2 aromatic carbocycles. The Hall–Kier alpha value is -3.54. The van der Waals surface area contributed by atoms with Crippen molar-refractivity contribution in [3.63, 3.8) is 0 Å². The van der Waals surface area contributed by atoms with Crippen LogP contribution in [-0.2, 0) is 13.0 Å². The lowest BCUT2D eigenvalue weighted by Gasteiger charge is -2.10. The van der Waals surface area contributed by atoms with Gasteiger partial charge in [-0.1, -0.05) is 36.4 Å². The monoisotopic (exact) mass is 373 g/mol. The molecule has 0 fully saturated rings. The van der Waals surface area contributed by atoms with Crippen LogP contribution in [-0.4, -0.2) is 19.5 Å². The van der Waals surface area contributed by atoms with E-state index in [9.17, 15) is 4.39 Å². The Labute approximate surface area is 162 Å². The molecule has 0 atom stereocenters. The molecule has 2 heterocycles. The van der Waals surface area contributed by atoms with Gasteiger partial charge in [-0.25, -0.2) is 19.3 Å². The summed E-state index contributed by atoms with van der Waals surface area (Å²) in [4.78, 5) is 13.0. The fourth-order valence-corrected chi connectivity index (χ4v) is 3.04. The Morgan fingerprint density at radius 3 is 2.57 bits per heavy atom. The lowest BCUT2D eigenvalue weighted by Crippen LogP contribution is -2.06. The van der Waals surface area contributed by atoms with Crippen LogP contribution in [0.4, 0.5) is 10.2 Å². The van der Waals surface area contributed by atoms with Crippen LogP contribution >= 0.6 is 0 Å². The molecule has 4 aromatic rings. The average molecular weight is 373 g/mol. The summed E-state index contributed by atoms with van der Waals surface area (Å²) >= 11 is 0. The van der Waals surface area contributed by atoms with E-state index in [1.54, 1.807) is 29.2 Å². The van der Waals surface area contributed by atoms with Gasteiger partial charge in [0.1, 0.15) is 23.3 Å². The van der Waals surface area contributed by atoms with Gasteiger partial charge in [-0.2, -0.15) is 0 Å². The van der Waals surface area contributed by atoms with Crippen molar-refractivity contribution < 1.29 is 4.39 Å². The summed E-state index contributed by atoms with van der Waals surface area (Å²) in [6.07, 6.45) is 5.82. The van der Waals surface area contributed by atoms with Gasteiger partial charge in [-0.05, 0) is 36.2 Å². The van der Waals surface area contributed by atoms with E-state index in [2.05, 4.69) is 32.4 Å². The van der Waals surface area contributed by atoms with Crippen molar-refractivity contribution in [2.75, 3.05) is 5.32 Å². The van der Waals surface area contributed by atoms with E-state index in [1.165, 1.54) is 6.07 Å². The number of nitrogens with one attached hydrogen (secondary N) is 1. The van der Waals surface area contributed by atoms with E-state index < -0.39 is 0 Å². The molecular formula is C22H20FN5. The zero-order chi connectivity index (χ0) is 19.3. The second kappa shape index (κ2) is 8.00. The van der Waals surface area contributed by atoms with E-state index in [0.717, 1.165) is 28.6 Å². The quantitative estimate of drug-likeness (QED) is 0.547. The molecule has 0 saturated heterocycles. The minimum absolute atomic E-state index is 0.284. The summed E-state index contributed by atoms with van der Waals surface area (Å²) in [6.45, 7) is 2.32. The molecule has 0 aliphatic rings. The van der Waals surface area contributed by atoms with Crippen LogP contribution in [0, 0.1) is 12.7 Å². The summed E-state index contributed by atoms with van der Waals surface area (Å²) < 4.78 is 16.3. The van der Waals surface area contributed by atoms with Crippen molar-refractivity contribution in [2.24, 2.45) is 0 Å². The number of rotatable bonds is 6. The van der Waals surface area contributed by atoms with Crippen LogP contribution in [0.5, 0.6) is 0 Å². The predicted octanol–water partition coefficient (Wildman–Crippen LogP) is 4.31. The minimum atomic E-state index is -0.284. The highest BCUT2D eigenvalue weighted by Crippen LogP contribution is 2.17. The Bertz CT molecular complexity index is 1080. The van der Waals surface area contributed by atoms with Crippen molar-refractivity contribution in [1.82, 2.24) is 19.5 Å². The largest absolute Gasteiger partial charge is 0.366 e. The number of imidazole rings is 1. The van der Waals surface area contributed by atoms with Crippen LogP contribution in [0.2, 0.25) is 0 Å². The number of hydrogen-bond acceptors (Lipinski definition) is 4. The summed E-state index contributed by atoms with van der Waals surface area (Å²) in [6, 6.07) is 17.1. The maximum absolute atomic E-state index is 14.5. The molecule has 28 heavy (non-hydrogen) atoms. The van der Waals surface area contributed by atoms with E-state index in [1.807, 2.05) is 37.3 Å². The summed E-state index contributed by atoms with van der Waals surface area (Å²) in [5, 5.41) is 3.24. The van der Waals surface area contributed by atoms with Crippen LogP contribution in [0.15, 0.2) is 73.2 Å². The fraction of sp³-hybridized carbons (Fsp3) is 0.136. The van der Waals surface area contributed by atoms with Crippen LogP contribution in [0.3, 0.4) is 0 Å². The lowest BCUT2D eigenvalue weighted by molar-refractivity contribution is 0.614. The van der Waals surface area contributed by atoms with Gasteiger partial charge in [0.05, 0.1) is 5.69 Å². The van der Waals surface area contributed by atoms with Gasteiger partial charge >= 0.3 is 0 Å². The first-order valence-electron chi connectivity index (χ1n) is 9.07. The van der Waals surface area contributed by atoms with E-state index >= 15 is 0 Å². The predicted molar refractivity (Wildman–Crippen MR) is 107 cm³/mol. The van der Waals surface area contributed by atoms with E-state index in [4.69, 9.17) is 0 Å². The summed E-state index contributed by atoms with van der Waals surface area (Å²) in [7, 11) is 0. The standard InChI is InChI=1S/C22H20FN5/c1-16-24-11-12-28(16)20-8-7-18(13-19(20)23)15-26-21-9-10-25-22(27-21)14-17-5-3-2-4-6-17/h2-13H,14-15H2,1H3,(H,25,26,27). The van der Waals surface area contributed by atoms with Gasteiger partial charge in [-0.15, -0.1) is 0 Å². The highest BCUT2D eigenvalue weighted by atomic mass is 19.1. The third kappa shape index (κ3) is 4.06. The normalized spacial score (nSPS) is 10.8. The highest BCUT2D eigenvalue weighted by Gasteiger charge is 2.08. The number of aryl methyl sites for hydroxylation is 1. The minimum Gasteiger partial charge on any atom is -0.366 e. The topological polar surface area (TPSA) is 55.6 Å². The molecule has 1 N–H and O–H groups in total. The van der Waals surface area contributed by atoms with Crippen LogP contribution in [0.25, 0.3) is 5.69 Å². The van der Waals surface area contributed by atoms with E-state index in [-0.39, 0.29) is 5.82 Å².